The number of aliphatic carboxylic acids is 1. The lowest BCUT2D eigenvalue weighted by molar-refractivity contribution is -0.139. The molecule has 0 aliphatic heterocycles. The average Bonchev–Trinajstić information content (AvgIpc) is 2.45. The molecule has 0 bridgehead atoms. The van der Waals surface area contributed by atoms with Crippen LogP contribution in [0.2, 0.25) is 0 Å². The minimum absolute atomic E-state index is 0.0660. The molecule has 0 aromatic carbocycles. The molecule has 1 aromatic rings. The summed E-state index contributed by atoms with van der Waals surface area (Å²) >= 11 is 0. The highest BCUT2D eigenvalue weighted by atomic mass is 16.5. The maximum Gasteiger partial charge on any atom is 0.326 e. The number of aromatic nitrogens is 2. The predicted octanol–water partition coefficient (Wildman–Crippen LogP) is 0.328. The van der Waals surface area contributed by atoms with Gasteiger partial charge in [0.15, 0.2) is 0 Å². The summed E-state index contributed by atoms with van der Waals surface area (Å²) < 4.78 is 0. The number of rotatable bonds is 3. The fourth-order valence-electron chi connectivity index (χ4n) is 1.23. The Morgan fingerprint density at radius 3 is 2.64 bits per heavy atom. The number of nitrogens with two attached hydrogens (primary N) is 1. The first kappa shape index (κ1) is 10.5. The van der Waals surface area contributed by atoms with E-state index in [1.165, 1.54) is 6.20 Å². The number of hydrogen-bond acceptors (Lipinski definition) is 4. The lowest BCUT2D eigenvalue weighted by Gasteiger charge is -2.10. The molecule has 6 heteroatoms. The van der Waals surface area contributed by atoms with Gasteiger partial charge in [-0.05, 0) is 5.92 Å². The molecule has 0 saturated heterocycles. The minimum atomic E-state index is -1.25. The maximum atomic E-state index is 10.6. The molecule has 0 aliphatic rings. The Hall–Kier alpha value is -1.56. The molecule has 0 unspecified atom stereocenters. The summed E-state index contributed by atoms with van der Waals surface area (Å²) in [5.74, 6) is -1.13. The van der Waals surface area contributed by atoms with Crippen molar-refractivity contribution in [1.29, 1.82) is 0 Å². The highest BCUT2D eigenvalue weighted by Crippen LogP contribution is 2.22. The van der Waals surface area contributed by atoms with Crippen LogP contribution in [0, 0.1) is 0 Å². The zero-order valence-corrected chi connectivity index (χ0v) is 8.01. The number of nitrogens with zero attached hydrogens (tertiary/aromatic N) is 2. The van der Waals surface area contributed by atoms with Crippen LogP contribution in [0.3, 0.4) is 0 Å². The van der Waals surface area contributed by atoms with Crippen molar-refractivity contribution in [2.75, 3.05) is 0 Å². The fraction of sp³-hybridized carbons (Fsp3) is 0.500. The standard InChI is InChI=1S/C8H13N3O3/c1-4(2)5-3-10-11(14)7(5)6(9)8(12)13/h3-4,6,14H,9H2,1-2H3,(H,12,13)/t6-/m0/s1. The zero-order valence-electron chi connectivity index (χ0n) is 8.01. The van der Waals surface area contributed by atoms with Crippen molar-refractivity contribution in [3.63, 3.8) is 0 Å². The lowest BCUT2D eigenvalue weighted by Crippen LogP contribution is -2.25. The molecular formula is C8H13N3O3. The molecule has 0 aliphatic carbocycles. The summed E-state index contributed by atoms with van der Waals surface area (Å²) in [6, 6.07) is -1.25. The second-order valence-corrected chi connectivity index (χ2v) is 3.35. The molecule has 14 heavy (non-hydrogen) atoms. The molecule has 6 nitrogen and oxygen atoms in total. The van der Waals surface area contributed by atoms with Crippen molar-refractivity contribution in [2.45, 2.75) is 25.8 Å². The monoisotopic (exact) mass is 199 g/mol. The van der Waals surface area contributed by atoms with E-state index in [-0.39, 0.29) is 11.6 Å². The van der Waals surface area contributed by atoms with E-state index in [2.05, 4.69) is 5.10 Å². The third-order valence-corrected chi connectivity index (χ3v) is 2.00. The van der Waals surface area contributed by atoms with Gasteiger partial charge in [0.05, 0.1) is 6.20 Å². The third kappa shape index (κ3) is 1.69. The first-order valence-electron chi connectivity index (χ1n) is 4.20. The predicted molar refractivity (Wildman–Crippen MR) is 48.1 cm³/mol. The van der Waals surface area contributed by atoms with Crippen molar-refractivity contribution in [2.24, 2.45) is 5.73 Å². The van der Waals surface area contributed by atoms with Crippen LogP contribution in [0.25, 0.3) is 0 Å². The summed E-state index contributed by atoms with van der Waals surface area (Å²) in [5.41, 5.74) is 6.17. The molecule has 1 aromatic heterocycles. The van der Waals surface area contributed by atoms with Gasteiger partial charge in [0.2, 0.25) is 0 Å². The van der Waals surface area contributed by atoms with Crippen LogP contribution >= 0.6 is 0 Å². The van der Waals surface area contributed by atoms with Gasteiger partial charge in [0.25, 0.3) is 0 Å². The van der Waals surface area contributed by atoms with Gasteiger partial charge in [-0.25, -0.2) is 0 Å². The molecule has 0 saturated carbocycles. The number of carbonyl (C=O) groups is 1. The smallest absolute Gasteiger partial charge is 0.326 e. The summed E-state index contributed by atoms with van der Waals surface area (Å²) in [4.78, 5) is 11.2. The zero-order chi connectivity index (χ0) is 10.9. The van der Waals surface area contributed by atoms with Crippen LogP contribution in [-0.4, -0.2) is 26.2 Å². The van der Waals surface area contributed by atoms with E-state index in [1.54, 1.807) is 0 Å². The quantitative estimate of drug-likeness (QED) is 0.609. The molecule has 0 radical (unpaired) electrons. The Kier molecular flexibility index (Phi) is 2.76. The van der Waals surface area contributed by atoms with Crippen LogP contribution in [0.15, 0.2) is 6.20 Å². The SMILES string of the molecule is CC(C)c1cnn(O)c1[C@H](N)C(=O)O. The molecular weight excluding hydrogens is 186 g/mol. The van der Waals surface area contributed by atoms with Crippen molar-refractivity contribution in [3.05, 3.63) is 17.5 Å². The van der Waals surface area contributed by atoms with Crippen LogP contribution in [0.4, 0.5) is 0 Å². The van der Waals surface area contributed by atoms with E-state index in [0.29, 0.717) is 10.4 Å². The molecule has 4 N–H and O–H groups in total. The number of hydrogen-bond donors (Lipinski definition) is 3. The topological polar surface area (TPSA) is 101 Å². The Balaban J connectivity index is 3.17. The summed E-state index contributed by atoms with van der Waals surface area (Å²) in [5, 5.41) is 21.5. The van der Waals surface area contributed by atoms with Gasteiger partial charge in [-0.3, -0.25) is 4.79 Å². The highest BCUT2D eigenvalue weighted by molar-refractivity contribution is 5.75. The van der Waals surface area contributed by atoms with E-state index in [1.807, 2.05) is 13.8 Å². The fourth-order valence-corrected chi connectivity index (χ4v) is 1.23. The van der Waals surface area contributed by atoms with Crippen molar-refractivity contribution in [3.8, 4) is 0 Å². The Labute approximate surface area is 80.9 Å². The largest absolute Gasteiger partial charge is 0.480 e. The Morgan fingerprint density at radius 1 is 1.64 bits per heavy atom. The minimum Gasteiger partial charge on any atom is -0.480 e. The first-order chi connectivity index (χ1) is 6.45. The van der Waals surface area contributed by atoms with Gasteiger partial charge in [-0.15, -0.1) is 9.94 Å². The van der Waals surface area contributed by atoms with E-state index in [0.717, 1.165) is 0 Å². The van der Waals surface area contributed by atoms with Crippen LogP contribution in [0.1, 0.15) is 37.1 Å². The van der Waals surface area contributed by atoms with E-state index < -0.39 is 12.0 Å². The molecule has 0 spiro atoms. The summed E-state index contributed by atoms with van der Waals surface area (Å²) in [7, 11) is 0. The summed E-state index contributed by atoms with van der Waals surface area (Å²) in [6.45, 7) is 3.74. The Bertz CT molecular complexity index is 346. The molecule has 0 fully saturated rings. The van der Waals surface area contributed by atoms with Crippen LogP contribution in [-0.2, 0) is 4.79 Å². The third-order valence-electron chi connectivity index (χ3n) is 2.00. The van der Waals surface area contributed by atoms with Crippen LogP contribution < -0.4 is 5.73 Å². The maximum absolute atomic E-state index is 10.6. The van der Waals surface area contributed by atoms with Crippen molar-refractivity contribution < 1.29 is 15.1 Å². The van der Waals surface area contributed by atoms with Gasteiger partial charge in [-0.2, -0.15) is 0 Å². The van der Waals surface area contributed by atoms with E-state index >= 15 is 0 Å². The van der Waals surface area contributed by atoms with Crippen LogP contribution in [0.5, 0.6) is 0 Å². The molecule has 1 rings (SSSR count). The average molecular weight is 199 g/mol. The number of carboxylic acids is 1. The normalized spacial score (nSPS) is 13.1. The molecule has 1 atom stereocenters. The first-order valence-corrected chi connectivity index (χ1v) is 4.20. The lowest BCUT2D eigenvalue weighted by atomic mass is 10.0. The second-order valence-electron chi connectivity index (χ2n) is 3.35. The Morgan fingerprint density at radius 2 is 2.21 bits per heavy atom. The molecule has 1 heterocycles. The van der Waals surface area contributed by atoms with E-state index in [4.69, 9.17) is 10.8 Å². The van der Waals surface area contributed by atoms with Gasteiger partial charge < -0.3 is 16.0 Å². The van der Waals surface area contributed by atoms with Crippen molar-refractivity contribution in [1.82, 2.24) is 9.94 Å². The van der Waals surface area contributed by atoms with Gasteiger partial charge in [0, 0.05) is 5.56 Å². The summed E-state index contributed by atoms with van der Waals surface area (Å²) in [6.07, 6.45) is 1.42. The molecule has 78 valence electrons. The number of carboxylic acid groups (broad SMARTS) is 1. The van der Waals surface area contributed by atoms with Gasteiger partial charge >= 0.3 is 5.97 Å². The second kappa shape index (κ2) is 3.67. The highest BCUT2D eigenvalue weighted by Gasteiger charge is 2.24. The van der Waals surface area contributed by atoms with Gasteiger partial charge in [0.1, 0.15) is 11.7 Å². The molecule has 0 amide bonds. The van der Waals surface area contributed by atoms with Crippen molar-refractivity contribution >= 4 is 5.97 Å². The van der Waals surface area contributed by atoms with Gasteiger partial charge in [-0.1, -0.05) is 13.8 Å². The van der Waals surface area contributed by atoms with E-state index in [9.17, 15) is 10.0 Å².